The average Bonchev–Trinajstić information content (AvgIpc) is 2.65. The number of aryl methyl sites for hydroxylation is 1. The van der Waals surface area contributed by atoms with Gasteiger partial charge in [0.25, 0.3) is 10.0 Å². The molecule has 0 aromatic carbocycles. The first kappa shape index (κ1) is 16.4. The van der Waals surface area contributed by atoms with E-state index in [0.29, 0.717) is 6.42 Å². The van der Waals surface area contributed by atoms with Crippen molar-refractivity contribution < 1.29 is 13.5 Å². The van der Waals surface area contributed by atoms with Crippen LogP contribution in [0.25, 0.3) is 0 Å². The van der Waals surface area contributed by atoms with Crippen molar-refractivity contribution >= 4 is 21.6 Å². The number of nitrogens with one attached hydrogen (secondary N) is 1. The van der Waals surface area contributed by atoms with Gasteiger partial charge in [0.2, 0.25) is 0 Å². The van der Waals surface area contributed by atoms with Gasteiger partial charge in [-0.25, -0.2) is 13.1 Å². The van der Waals surface area contributed by atoms with Gasteiger partial charge in [0.1, 0.15) is 0 Å². The van der Waals surface area contributed by atoms with Crippen LogP contribution < -0.4 is 4.72 Å². The zero-order valence-electron chi connectivity index (χ0n) is 11.4. The first-order chi connectivity index (χ1) is 8.69. The molecule has 0 aliphatic heterocycles. The van der Waals surface area contributed by atoms with Crippen LogP contribution in [0.3, 0.4) is 0 Å². The maximum Gasteiger partial charge on any atom is 0.259 e. The van der Waals surface area contributed by atoms with E-state index in [1.807, 2.05) is 13.8 Å². The van der Waals surface area contributed by atoms with Crippen molar-refractivity contribution in [2.75, 3.05) is 13.2 Å². The highest BCUT2D eigenvalue weighted by Crippen LogP contribution is 2.23. The Hall–Kier alpha value is -0.630. The maximum absolute atomic E-state index is 12.1. The predicted octanol–water partition coefficient (Wildman–Crippen LogP) is 1.15. The third kappa shape index (κ3) is 4.45. The zero-order chi connectivity index (χ0) is 14.7. The number of aliphatic hydroxyl groups excluding tert-OH is 1. The summed E-state index contributed by atoms with van der Waals surface area (Å²) >= 11 is 5.83. The van der Waals surface area contributed by atoms with Crippen molar-refractivity contribution in [3.05, 3.63) is 11.2 Å². The van der Waals surface area contributed by atoms with Crippen LogP contribution in [0.15, 0.2) is 11.2 Å². The van der Waals surface area contributed by atoms with Gasteiger partial charge in [-0.15, -0.1) is 0 Å². The Morgan fingerprint density at radius 2 is 2.16 bits per heavy atom. The summed E-state index contributed by atoms with van der Waals surface area (Å²) in [7, 11) is -2.16. The molecule has 0 amide bonds. The average molecular weight is 310 g/mol. The molecule has 0 fully saturated rings. The number of sulfonamides is 1. The quantitative estimate of drug-likeness (QED) is 0.791. The SMILES string of the molecule is Cn1ncc(Cl)c1S(=O)(=O)NCC(C)(C)CCCO. The number of halogens is 1. The van der Waals surface area contributed by atoms with E-state index in [9.17, 15) is 8.42 Å². The third-order valence-electron chi connectivity index (χ3n) is 2.85. The van der Waals surface area contributed by atoms with Crippen LogP contribution in [0, 0.1) is 5.41 Å². The lowest BCUT2D eigenvalue weighted by Gasteiger charge is -2.24. The molecule has 0 spiro atoms. The Morgan fingerprint density at radius 3 is 2.63 bits per heavy atom. The molecule has 110 valence electrons. The van der Waals surface area contributed by atoms with E-state index in [1.165, 1.54) is 17.9 Å². The van der Waals surface area contributed by atoms with Crippen molar-refractivity contribution in [3.63, 3.8) is 0 Å². The molecule has 1 heterocycles. The van der Waals surface area contributed by atoms with E-state index in [-0.39, 0.29) is 28.6 Å². The van der Waals surface area contributed by atoms with Crippen LogP contribution in [-0.4, -0.2) is 36.5 Å². The Kier molecular flexibility index (Phi) is 5.37. The Balaban J connectivity index is 2.77. The van der Waals surface area contributed by atoms with E-state index in [2.05, 4.69) is 9.82 Å². The van der Waals surface area contributed by atoms with Gasteiger partial charge in [0.05, 0.1) is 11.2 Å². The molecule has 0 bridgehead atoms. The molecular weight excluding hydrogens is 290 g/mol. The van der Waals surface area contributed by atoms with Crippen LogP contribution in [-0.2, 0) is 17.1 Å². The standard InChI is InChI=1S/C11H20ClN3O3S/c1-11(2,5-4-6-16)8-14-19(17,18)10-9(12)7-13-15(10)3/h7,14,16H,4-6,8H2,1-3H3. The molecule has 8 heteroatoms. The fraction of sp³-hybridized carbons (Fsp3) is 0.727. The summed E-state index contributed by atoms with van der Waals surface area (Å²) in [5.41, 5.74) is -0.235. The number of hydrogen-bond donors (Lipinski definition) is 2. The number of aliphatic hydroxyl groups is 1. The van der Waals surface area contributed by atoms with Crippen molar-refractivity contribution in [1.82, 2.24) is 14.5 Å². The molecule has 6 nitrogen and oxygen atoms in total. The second-order valence-corrected chi connectivity index (χ2v) is 7.33. The molecule has 2 N–H and O–H groups in total. The highest BCUT2D eigenvalue weighted by Gasteiger charge is 2.26. The Labute approximate surface area is 118 Å². The first-order valence-electron chi connectivity index (χ1n) is 5.98. The summed E-state index contributed by atoms with van der Waals surface area (Å²) in [6.07, 6.45) is 2.67. The summed E-state index contributed by atoms with van der Waals surface area (Å²) in [6, 6.07) is 0. The summed E-state index contributed by atoms with van der Waals surface area (Å²) in [5, 5.41) is 12.7. The summed E-state index contributed by atoms with van der Waals surface area (Å²) in [4.78, 5) is 0. The minimum absolute atomic E-state index is 0.0351. The number of nitrogens with zero attached hydrogens (tertiary/aromatic N) is 2. The first-order valence-corrected chi connectivity index (χ1v) is 7.84. The van der Waals surface area contributed by atoms with Gasteiger partial charge < -0.3 is 5.11 Å². The lowest BCUT2D eigenvalue weighted by Crippen LogP contribution is -2.35. The van der Waals surface area contributed by atoms with E-state index < -0.39 is 10.0 Å². The van der Waals surface area contributed by atoms with Gasteiger partial charge in [0.15, 0.2) is 5.03 Å². The molecule has 1 aromatic rings. The van der Waals surface area contributed by atoms with Crippen molar-refractivity contribution in [2.24, 2.45) is 12.5 Å². The molecular formula is C11H20ClN3O3S. The lowest BCUT2D eigenvalue weighted by atomic mass is 9.88. The molecule has 1 rings (SSSR count). The van der Waals surface area contributed by atoms with E-state index in [4.69, 9.17) is 16.7 Å². The second-order valence-electron chi connectivity index (χ2n) is 5.24. The van der Waals surface area contributed by atoms with Crippen LogP contribution >= 0.6 is 11.6 Å². The fourth-order valence-electron chi connectivity index (χ4n) is 1.71. The third-order valence-corrected chi connectivity index (χ3v) is 4.76. The van der Waals surface area contributed by atoms with Crippen LogP contribution in [0.2, 0.25) is 5.02 Å². The van der Waals surface area contributed by atoms with Gasteiger partial charge >= 0.3 is 0 Å². The van der Waals surface area contributed by atoms with E-state index in [1.54, 1.807) is 0 Å². The Morgan fingerprint density at radius 1 is 1.53 bits per heavy atom. The van der Waals surface area contributed by atoms with Crippen LogP contribution in [0.5, 0.6) is 0 Å². The van der Waals surface area contributed by atoms with Gasteiger partial charge in [-0.2, -0.15) is 5.10 Å². The normalized spacial score (nSPS) is 12.9. The molecule has 0 radical (unpaired) electrons. The summed E-state index contributed by atoms with van der Waals surface area (Å²) < 4.78 is 28.1. The largest absolute Gasteiger partial charge is 0.396 e. The van der Waals surface area contributed by atoms with Gasteiger partial charge in [-0.3, -0.25) is 4.68 Å². The molecule has 0 saturated heterocycles. The maximum atomic E-state index is 12.1. The van der Waals surface area contributed by atoms with Crippen molar-refractivity contribution in [3.8, 4) is 0 Å². The molecule has 0 unspecified atom stereocenters. The number of hydrogen-bond acceptors (Lipinski definition) is 4. The molecule has 0 atom stereocenters. The molecule has 0 aliphatic carbocycles. The van der Waals surface area contributed by atoms with E-state index in [0.717, 1.165) is 6.42 Å². The number of aromatic nitrogens is 2. The van der Waals surface area contributed by atoms with Gasteiger partial charge in [-0.05, 0) is 18.3 Å². The second kappa shape index (κ2) is 6.21. The smallest absolute Gasteiger partial charge is 0.259 e. The topological polar surface area (TPSA) is 84.2 Å². The molecule has 1 aromatic heterocycles. The van der Waals surface area contributed by atoms with Crippen molar-refractivity contribution in [1.29, 1.82) is 0 Å². The molecule has 0 saturated carbocycles. The number of rotatable bonds is 7. The summed E-state index contributed by atoms with van der Waals surface area (Å²) in [6.45, 7) is 4.26. The zero-order valence-corrected chi connectivity index (χ0v) is 12.9. The highest BCUT2D eigenvalue weighted by molar-refractivity contribution is 7.89. The summed E-state index contributed by atoms with van der Waals surface area (Å²) in [5.74, 6) is 0. The predicted molar refractivity (Wildman–Crippen MR) is 73.5 cm³/mol. The molecule has 19 heavy (non-hydrogen) atoms. The monoisotopic (exact) mass is 309 g/mol. The van der Waals surface area contributed by atoms with Gasteiger partial charge in [0, 0.05) is 20.2 Å². The Bertz CT molecular complexity index is 506. The van der Waals surface area contributed by atoms with E-state index >= 15 is 0 Å². The fourth-order valence-corrected chi connectivity index (χ4v) is 3.60. The highest BCUT2D eigenvalue weighted by atomic mass is 35.5. The lowest BCUT2D eigenvalue weighted by molar-refractivity contribution is 0.242. The van der Waals surface area contributed by atoms with Crippen LogP contribution in [0.4, 0.5) is 0 Å². The molecule has 0 aliphatic rings. The van der Waals surface area contributed by atoms with Crippen LogP contribution in [0.1, 0.15) is 26.7 Å². The van der Waals surface area contributed by atoms with Gasteiger partial charge in [-0.1, -0.05) is 25.4 Å². The van der Waals surface area contributed by atoms with Crippen molar-refractivity contribution in [2.45, 2.75) is 31.7 Å². The minimum Gasteiger partial charge on any atom is -0.396 e. The minimum atomic E-state index is -3.68.